The molecule has 3 rings (SSSR count). The van der Waals surface area contributed by atoms with Crippen molar-refractivity contribution < 1.29 is 9.59 Å². The number of carbonyl (C=O) groups is 2. The molecule has 0 radical (unpaired) electrons. The van der Waals surface area contributed by atoms with Crippen LogP contribution in [0.15, 0.2) is 33.6 Å². The van der Waals surface area contributed by atoms with E-state index >= 15 is 0 Å². The van der Waals surface area contributed by atoms with E-state index in [2.05, 4.69) is 32.8 Å². The highest BCUT2D eigenvalue weighted by atomic mass is 79.9. The minimum Gasteiger partial charge on any atom is -0.304 e. The number of hydrogen-bond acceptors (Lipinski definition) is 5. The van der Waals surface area contributed by atoms with Gasteiger partial charge < -0.3 is 4.90 Å². The Labute approximate surface area is 148 Å². The van der Waals surface area contributed by atoms with Crippen LogP contribution in [-0.2, 0) is 4.79 Å². The Balaban J connectivity index is 1.68. The van der Waals surface area contributed by atoms with E-state index in [0.717, 1.165) is 48.0 Å². The Morgan fingerprint density at radius 3 is 2.43 bits per heavy atom. The molecule has 0 saturated carbocycles. The third-order valence-electron chi connectivity index (χ3n) is 3.98. The summed E-state index contributed by atoms with van der Waals surface area (Å²) in [5.74, 6) is -0.193. The number of carbonyl (C=O) groups excluding carboxylic acids is 2. The Kier molecular flexibility index (Phi) is 5.21. The van der Waals surface area contributed by atoms with E-state index in [1.807, 2.05) is 24.3 Å². The molecule has 2 fully saturated rings. The fraction of sp³-hybridized carbons (Fsp3) is 0.375. The third-order valence-corrected chi connectivity index (χ3v) is 5.41. The van der Waals surface area contributed by atoms with Gasteiger partial charge in [0.15, 0.2) is 0 Å². The molecule has 2 amide bonds. The van der Waals surface area contributed by atoms with Gasteiger partial charge in [-0.2, -0.15) is 0 Å². The predicted molar refractivity (Wildman–Crippen MR) is 95.9 cm³/mol. The van der Waals surface area contributed by atoms with E-state index in [4.69, 9.17) is 0 Å². The molecule has 0 N–H and O–H groups in total. The lowest BCUT2D eigenvalue weighted by Gasteiger charge is -2.33. The summed E-state index contributed by atoms with van der Waals surface area (Å²) in [6.07, 6.45) is 1.78. The summed E-state index contributed by atoms with van der Waals surface area (Å²) in [5.41, 5.74) is 0.915. The molecule has 1 aromatic carbocycles. The number of imide groups is 1. The molecule has 23 heavy (non-hydrogen) atoms. The lowest BCUT2D eigenvalue weighted by molar-refractivity contribution is -0.124. The number of halogens is 1. The zero-order chi connectivity index (χ0) is 16.4. The van der Waals surface area contributed by atoms with Crippen LogP contribution in [0, 0.1) is 0 Å². The van der Waals surface area contributed by atoms with Crippen LogP contribution in [0.1, 0.15) is 5.56 Å². The van der Waals surface area contributed by atoms with Gasteiger partial charge in [-0.3, -0.25) is 19.4 Å². The van der Waals surface area contributed by atoms with Crippen LogP contribution < -0.4 is 0 Å². The second kappa shape index (κ2) is 7.17. The number of benzene rings is 1. The molecule has 2 saturated heterocycles. The molecule has 0 bridgehead atoms. The van der Waals surface area contributed by atoms with Crippen molar-refractivity contribution in [3.8, 4) is 0 Å². The fourth-order valence-electron chi connectivity index (χ4n) is 2.52. The lowest BCUT2D eigenvalue weighted by Crippen LogP contribution is -2.49. The van der Waals surface area contributed by atoms with E-state index in [-0.39, 0.29) is 11.1 Å². The molecular weight excluding hydrogens is 378 g/mol. The van der Waals surface area contributed by atoms with Crippen LogP contribution in [0.4, 0.5) is 4.79 Å². The van der Waals surface area contributed by atoms with Crippen LogP contribution in [0.5, 0.6) is 0 Å². The van der Waals surface area contributed by atoms with Crippen molar-refractivity contribution in [2.75, 3.05) is 39.9 Å². The van der Waals surface area contributed by atoms with Gasteiger partial charge in [-0.05, 0) is 42.6 Å². The maximum Gasteiger partial charge on any atom is 0.294 e. The van der Waals surface area contributed by atoms with Gasteiger partial charge in [0.25, 0.3) is 11.1 Å². The van der Waals surface area contributed by atoms with E-state index in [0.29, 0.717) is 11.6 Å². The molecule has 2 aliphatic rings. The first-order chi connectivity index (χ1) is 11.0. The van der Waals surface area contributed by atoms with Gasteiger partial charge in [-0.1, -0.05) is 28.1 Å². The van der Waals surface area contributed by atoms with Gasteiger partial charge in [0.05, 0.1) is 11.6 Å². The smallest absolute Gasteiger partial charge is 0.294 e. The van der Waals surface area contributed by atoms with Crippen molar-refractivity contribution in [3.63, 3.8) is 0 Å². The minimum absolute atomic E-state index is 0.183. The van der Waals surface area contributed by atoms with Crippen LogP contribution in [0.3, 0.4) is 0 Å². The van der Waals surface area contributed by atoms with E-state index in [1.165, 1.54) is 4.90 Å². The van der Waals surface area contributed by atoms with Gasteiger partial charge >= 0.3 is 0 Å². The summed E-state index contributed by atoms with van der Waals surface area (Å²) in [6, 6.07) is 7.66. The van der Waals surface area contributed by atoms with E-state index in [1.54, 1.807) is 6.08 Å². The fourth-order valence-corrected chi connectivity index (χ4v) is 3.62. The summed E-state index contributed by atoms with van der Waals surface area (Å²) in [5, 5.41) is -0.183. The number of amides is 2. The van der Waals surface area contributed by atoms with Crippen LogP contribution in [-0.4, -0.2) is 65.7 Å². The largest absolute Gasteiger partial charge is 0.304 e. The number of likely N-dealkylation sites (N-methyl/N-ethyl adjacent to an activating group) is 1. The first-order valence-corrected chi connectivity index (χ1v) is 9.06. The molecular formula is C16H18BrN3O2S. The number of hydrogen-bond donors (Lipinski definition) is 0. The van der Waals surface area contributed by atoms with Crippen molar-refractivity contribution in [1.29, 1.82) is 0 Å². The van der Waals surface area contributed by atoms with Crippen molar-refractivity contribution in [3.05, 3.63) is 39.2 Å². The minimum atomic E-state index is -0.193. The van der Waals surface area contributed by atoms with Gasteiger partial charge in [-0.25, -0.2) is 0 Å². The summed E-state index contributed by atoms with van der Waals surface area (Å²) in [6.45, 7) is 4.07. The zero-order valence-electron chi connectivity index (χ0n) is 12.9. The summed E-state index contributed by atoms with van der Waals surface area (Å²) >= 11 is 4.40. The zero-order valence-corrected chi connectivity index (χ0v) is 15.3. The highest BCUT2D eigenvalue weighted by Crippen LogP contribution is 2.32. The maximum absolute atomic E-state index is 12.5. The third kappa shape index (κ3) is 4.03. The predicted octanol–water partition coefficient (Wildman–Crippen LogP) is 2.69. The maximum atomic E-state index is 12.5. The first-order valence-electron chi connectivity index (χ1n) is 7.45. The van der Waals surface area contributed by atoms with Gasteiger partial charge in [0.2, 0.25) is 0 Å². The van der Waals surface area contributed by atoms with Gasteiger partial charge in [0.1, 0.15) is 0 Å². The van der Waals surface area contributed by atoms with Gasteiger partial charge in [0, 0.05) is 30.7 Å². The lowest BCUT2D eigenvalue weighted by atomic mass is 10.2. The normalized spacial score (nSPS) is 22.3. The molecule has 1 aromatic rings. The molecule has 0 unspecified atom stereocenters. The second-order valence-electron chi connectivity index (χ2n) is 5.72. The quantitative estimate of drug-likeness (QED) is 0.736. The summed E-state index contributed by atoms with van der Waals surface area (Å²) in [7, 11) is 2.08. The standard InChI is InChI=1S/C16H18BrN3O2S/c1-18-6-8-19(9-7-18)11-20-15(21)14(23-16(20)22)10-12-2-4-13(17)5-3-12/h2-5,10H,6-9,11H2,1H3/b14-10+. The Morgan fingerprint density at radius 1 is 1.13 bits per heavy atom. The molecule has 2 heterocycles. The average Bonchev–Trinajstić information content (AvgIpc) is 2.79. The molecule has 122 valence electrons. The molecule has 7 heteroatoms. The number of rotatable bonds is 3. The Morgan fingerprint density at radius 2 is 1.78 bits per heavy atom. The molecule has 0 aliphatic carbocycles. The van der Waals surface area contributed by atoms with Crippen LogP contribution >= 0.6 is 27.7 Å². The SMILES string of the molecule is CN1CCN(CN2C(=O)S/C(=C/c3ccc(Br)cc3)C2=O)CC1. The average molecular weight is 396 g/mol. The topological polar surface area (TPSA) is 43.9 Å². The van der Waals surface area contributed by atoms with Crippen molar-refractivity contribution in [2.45, 2.75) is 0 Å². The highest BCUT2D eigenvalue weighted by molar-refractivity contribution is 9.10. The van der Waals surface area contributed by atoms with Crippen molar-refractivity contribution in [2.24, 2.45) is 0 Å². The molecule has 0 aromatic heterocycles. The van der Waals surface area contributed by atoms with Crippen molar-refractivity contribution in [1.82, 2.24) is 14.7 Å². The second-order valence-corrected chi connectivity index (χ2v) is 7.63. The molecule has 0 atom stereocenters. The monoisotopic (exact) mass is 395 g/mol. The molecule has 2 aliphatic heterocycles. The van der Waals surface area contributed by atoms with Crippen molar-refractivity contribution >= 4 is 44.9 Å². The number of thioether (sulfide) groups is 1. The summed E-state index contributed by atoms with van der Waals surface area (Å²) < 4.78 is 0.984. The molecule has 0 spiro atoms. The first kappa shape index (κ1) is 16.7. The molecule has 5 nitrogen and oxygen atoms in total. The van der Waals surface area contributed by atoms with Crippen LogP contribution in [0.2, 0.25) is 0 Å². The number of nitrogens with zero attached hydrogens (tertiary/aromatic N) is 3. The van der Waals surface area contributed by atoms with E-state index < -0.39 is 0 Å². The summed E-state index contributed by atoms with van der Waals surface area (Å²) in [4.78, 5) is 30.9. The van der Waals surface area contributed by atoms with E-state index in [9.17, 15) is 9.59 Å². The van der Waals surface area contributed by atoms with Crippen LogP contribution in [0.25, 0.3) is 6.08 Å². The Bertz CT molecular complexity index is 639. The highest BCUT2D eigenvalue weighted by Gasteiger charge is 2.36. The number of piperazine rings is 1. The Hall–Kier alpha value is -1.15. The van der Waals surface area contributed by atoms with Gasteiger partial charge in [-0.15, -0.1) is 0 Å².